The van der Waals surface area contributed by atoms with E-state index in [9.17, 15) is 4.79 Å². The fourth-order valence-corrected chi connectivity index (χ4v) is 2.57. The van der Waals surface area contributed by atoms with Crippen LogP contribution in [0.5, 0.6) is 0 Å². The Morgan fingerprint density at radius 3 is 2.67 bits per heavy atom. The minimum Gasteiger partial charge on any atom is -0.340 e. The molecule has 0 aromatic heterocycles. The predicted molar refractivity (Wildman–Crippen MR) is 69.5 cm³/mol. The highest BCUT2D eigenvalue weighted by atomic mass is 79.9. The van der Waals surface area contributed by atoms with E-state index >= 15 is 0 Å². The normalized spacial score (nSPS) is 10.1. The fourth-order valence-electron chi connectivity index (χ4n) is 1.10. The van der Waals surface area contributed by atoms with Gasteiger partial charge in [0.25, 0.3) is 5.91 Å². The molecule has 1 amide bonds. The van der Waals surface area contributed by atoms with Crippen molar-refractivity contribution in [3.8, 4) is 0 Å². The van der Waals surface area contributed by atoms with Crippen molar-refractivity contribution in [2.75, 3.05) is 19.5 Å². The van der Waals surface area contributed by atoms with Gasteiger partial charge < -0.3 is 4.90 Å². The summed E-state index contributed by atoms with van der Waals surface area (Å²) in [6.45, 7) is 0.545. The van der Waals surface area contributed by atoms with Gasteiger partial charge in [0, 0.05) is 28.4 Å². The monoisotopic (exact) mass is 353 g/mol. The number of carbonyl (C=O) groups excluding carboxylic acids is 1. The molecule has 0 fully saturated rings. The summed E-state index contributed by atoms with van der Waals surface area (Å²) in [6.07, 6.45) is 0. The van der Waals surface area contributed by atoms with Crippen LogP contribution < -0.4 is 0 Å². The van der Waals surface area contributed by atoms with Crippen LogP contribution in [0.3, 0.4) is 0 Å². The maximum atomic E-state index is 11.9. The van der Waals surface area contributed by atoms with E-state index < -0.39 is 0 Å². The molecular weight excluding hydrogens is 345 g/mol. The van der Waals surface area contributed by atoms with Crippen LogP contribution in [0.2, 0.25) is 0 Å². The molecule has 1 aromatic rings. The molecule has 82 valence electrons. The summed E-state index contributed by atoms with van der Waals surface area (Å²) in [5.41, 5.74) is 0.644. The maximum absolute atomic E-state index is 11.9. The van der Waals surface area contributed by atoms with Crippen LogP contribution in [0.15, 0.2) is 27.1 Å². The van der Waals surface area contributed by atoms with Gasteiger partial charge in [-0.15, -0.1) is 11.6 Å². The van der Waals surface area contributed by atoms with E-state index in [0.717, 1.165) is 8.95 Å². The smallest absolute Gasteiger partial charge is 0.254 e. The Kier molecular flexibility index (Phi) is 5.09. The average molecular weight is 355 g/mol. The van der Waals surface area contributed by atoms with Crippen molar-refractivity contribution in [1.29, 1.82) is 0 Å². The molecule has 15 heavy (non-hydrogen) atoms. The molecule has 0 aliphatic rings. The molecule has 5 heteroatoms. The number of hydrogen-bond acceptors (Lipinski definition) is 1. The van der Waals surface area contributed by atoms with Crippen LogP contribution in [0.25, 0.3) is 0 Å². The maximum Gasteiger partial charge on any atom is 0.254 e. The van der Waals surface area contributed by atoms with Crippen molar-refractivity contribution in [3.05, 3.63) is 32.7 Å². The van der Waals surface area contributed by atoms with E-state index in [-0.39, 0.29) is 5.91 Å². The number of carbonyl (C=O) groups is 1. The van der Waals surface area contributed by atoms with Gasteiger partial charge in [0.05, 0.1) is 5.56 Å². The van der Waals surface area contributed by atoms with Gasteiger partial charge in [-0.05, 0) is 34.1 Å². The lowest BCUT2D eigenvalue weighted by Crippen LogP contribution is -2.28. The Morgan fingerprint density at radius 1 is 1.47 bits per heavy atom. The van der Waals surface area contributed by atoms with Gasteiger partial charge in [-0.25, -0.2) is 0 Å². The van der Waals surface area contributed by atoms with Crippen molar-refractivity contribution < 1.29 is 4.79 Å². The SMILES string of the molecule is CN(CCCl)C(=O)c1ccc(Br)cc1Br. The Labute approximate surface area is 111 Å². The number of rotatable bonds is 3. The molecule has 0 bridgehead atoms. The molecule has 0 unspecified atom stereocenters. The van der Waals surface area contributed by atoms with E-state index in [1.165, 1.54) is 0 Å². The zero-order valence-electron chi connectivity index (χ0n) is 8.14. The van der Waals surface area contributed by atoms with E-state index in [1.807, 2.05) is 12.1 Å². The van der Waals surface area contributed by atoms with Crippen LogP contribution in [0, 0.1) is 0 Å². The summed E-state index contributed by atoms with van der Waals surface area (Å²) in [7, 11) is 1.74. The van der Waals surface area contributed by atoms with E-state index in [0.29, 0.717) is 18.0 Å². The van der Waals surface area contributed by atoms with Gasteiger partial charge in [-0.1, -0.05) is 15.9 Å². The lowest BCUT2D eigenvalue weighted by Gasteiger charge is -2.16. The highest BCUT2D eigenvalue weighted by Gasteiger charge is 2.14. The molecule has 0 radical (unpaired) electrons. The lowest BCUT2D eigenvalue weighted by molar-refractivity contribution is 0.0802. The number of benzene rings is 1. The van der Waals surface area contributed by atoms with Crippen LogP contribution in [-0.2, 0) is 0 Å². The Morgan fingerprint density at radius 2 is 2.13 bits per heavy atom. The molecule has 0 aliphatic heterocycles. The summed E-state index contributed by atoms with van der Waals surface area (Å²) >= 11 is 12.3. The minimum atomic E-state index is -0.0324. The molecule has 1 rings (SSSR count). The third-order valence-corrected chi connectivity index (χ3v) is 3.25. The fraction of sp³-hybridized carbons (Fsp3) is 0.300. The molecule has 0 atom stereocenters. The number of nitrogens with zero attached hydrogens (tertiary/aromatic N) is 1. The summed E-state index contributed by atoms with van der Waals surface area (Å²) < 4.78 is 1.72. The van der Waals surface area contributed by atoms with Crippen molar-refractivity contribution in [2.24, 2.45) is 0 Å². The van der Waals surface area contributed by atoms with Gasteiger partial charge in [0.15, 0.2) is 0 Å². The quantitative estimate of drug-likeness (QED) is 0.760. The Hall–Kier alpha value is -0.0600. The molecule has 0 saturated heterocycles. The van der Waals surface area contributed by atoms with Crippen molar-refractivity contribution in [2.45, 2.75) is 0 Å². The van der Waals surface area contributed by atoms with Gasteiger partial charge in [-0.3, -0.25) is 4.79 Å². The van der Waals surface area contributed by atoms with Crippen molar-refractivity contribution in [3.63, 3.8) is 0 Å². The zero-order chi connectivity index (χ0) is 11.4. The molecule has 0 saturated carbocycles. The number of alkyl halides is 1. The second kappa shape index (κ2) is 5.87. The first-order chi connectivity index (χ1) is 7.06. The van der Waals surface area contributed by atoms with Crippen LogP contribution in [0.4, 0.5) is 0 Å². The topological polar surface area (TPSA) is 20.3 Å². The predicted octanol–water partition coefficient (Wildman–Crippen LogP) is 3.52. The molecule has 2 nitrogen and oxygen atoms in total. The third-order valence-electron chi connectivity index (χ3n) is 1.93. The first-order valence-corrected chi connectivity index (χ1v) is 6.44. The van der Waals surface area contributed by atoms with E-state index in [4.69, 9.17) is 11.6 Å². The van der Waals surface area contributed by atoms with Crippen molar-refractivity contribution in [1.82, 2.24) is 4.90 Å². The number of amides is 1. The third kappa shape index (κ3) is 3.47. The largest absolute Gasteiger partial charge is 0.340 e. The molecule has 0 spiro atoms. The summed E-state index contributed by atoms with van der Waals surface area (Å²) in [4.78, 5) is 13.5. The van der Waals surface area contributed by atoms with Crippen LogP contribution in [0.1, 0.15) is 10.4 Å². The highest BCUT2D eigenvalue weighted by Crippen LogP contribution is 2.22. The molecule has 0 aliphatic carbocycles. The van der Waals surface area contributed by atoms with Gasteiger partial charge in [0.2, 0.25) is 0 Å². The van der Waals surface area contributed by atoms with E-state index in [1.54, 1.807) is 18.0 Å². The first kappa shape index (κ1) is 13.0. The summed E-state index contributed by atoms with van der Waals surface area (Å²) in [6, 6.07) is 5.47. The lowest BCUT2D eigenvalue weighted by atomic mass is 10.2. The summed E-state index contributed by atoms with van der Waals surface area (Å²) in [5.74, 6) is 0.408. The number of halogens is 3. The average Bonchev–Trinajstić information content (AvgIpc) is 2.17. The second-order valence-electron chi connectivity index (χ2n) is 3.04. The van der Waals surface area contributed by atoms with Gasteiger partial charge in [0.1, 0.15) is 0 Å². The molecule has 1 aromatic carbocycles. The highest BCUT2D eigenvalue weighted by molar-refractivity contribution is 9.11. The van der Waals surface area contributed by atoms with Crippen molar-refractivity contribution >= 4 is 49.4 Å². The Balaban J connectivity index is 2.91. The Bertz CT molecular complexity index is 370. The molecule has 0 heterocycles. The first-order valence-electron chi connectivity index (χ1n) is 4.32. The number of hydrogen-bond donors (Lipinski definition) is 0. The molecule has 0 N–H and O–H groups in total. The van der Waals surface area contributed by atoms with Crippen LogP contribution >= 0.6 is 43.5 Å². The zero-order valence-corrected chi connectivity index (χ0v) is 12.1. The second-order valence-corrected chi connectivity index (χ2v) is 5.19. The standard InChI is InChI=1S/C10H10Br2ClNO/c1-14(5-4-13)10(15)8-3-2-7(11)6-9(8)12/h2-3,6H,4-5H2,1H3. The van der Waals surface area contributed by atoms with Crippen LogP contribution in [-0.4, -0.2) is 30.3 Å². The van der Waals surface area contributed by atoms with Gasteiger partial charge >= 0.3 is 0 Å². The summed E-state index contributed by atoms with van der Waals surface area (Å²) in [5, 5.41) is 0. The minimum absolute atomic E-state index is 0.0324. The molecular formula is C10H10Br2ClNO. The van der Waals surface area contributed by atoms with E-state index in [2.05, 4.69) is 31.9 Å². The van der Waals surface area contributed by atoms with Gasteiger partial charge in [-0.2, -0.15) is 0 Å².